The third-order valence-electron chi connectivity index (χ3n) is 3.34. The second-order valence-electron chi connectivity index (χ2n) is 4.39. The van der Waals surface area contributed by atoms with Crippen molar-refractivity contribution in [2.75, 3.05) is 0 Å². The van der Waals surface area contributed by atoms with Crippen LogP contribution in [0.3, 0.4) is 0 Å². The number of rotatable bonds is 2. The molecular formula is C12H24N2. The van der Waals surface area contributed by atoms with Crippen LogP contribution in [0.25, 0.3) is 0 Å². The highest BCUT2D eigenvalue weighted by atomic mass is 15.0. The first kappa shape index (κ1) is 11.7. The molecule has 0 heterocycles. The molecule has 0 saturated carbocycles. The summed E-state index contributed by atoms with van der Waals surface area (Å²) < 4.78 is 0. The lowest BCUT2D eigenvalue weighted by Gasteiger charge is -2.32. The Morgan fingerprint density at radius 3 is 2.36 bits per heavy atom. The highest BCUT2D eigenvalue weighted by molar-refractivity contribution is 5.24. The van der Waals surface area contributed by atoms with E-state index in [0.29, 0.717) is 0 Å². The van der Waals surface area contributed by atoms with Gasteiger partial charge in [-0.05, 0) is 44.1 Å². The van der Waals surface area contributed by atoms with Crippen molar-refractivity contribution in [3.05, 3.63) is 11.1 Å². The largest absolute Gasteiger partial charge is 0.310 e. The molecule has 0 aromatic carbocycles. The summed E-state index contributed by atoms with van der Waals surface area (Å²) in [6.07, 6.45) is 8.03. The zero-order chi connectivity index (χ0) is 10.6. The zero-order valence-electron chi connectivity index (χ0n) is 9.60. The molecule has 0 atom stereocenters. The van der Waals surface area contributed by atoms with Crippen LogP contribution in [0.2, 0.25) is 0 Å². The van der Waals surface area contributed by atoms with E-state index in [0.717, 1.165) is 19.3 Å². The van der Waals surface area contributed by atoms with Gasteiger partial charge in [-0.3, -0.25) is 0 Å². The lowest BCUT2D eigenvalue weighted by molar-refractivity contribution is 0.418. The molecule has 0 bridgehead atoms. The fourth-order valence-corrected chi connectivity index (χ4v) is 2.53. The maximum Gasteiger partial charge on any atom is 0.0860 e. The SMILES string of the molecule is CC/C1=C(\CC)C(N)(N)CCCCC1. The van der Waals surface area contributed by atoms with Crippen molar-refractivity contribution in [3.63, 3.8) is 0 Å². The first-order valence-corrected chi connectivity index (χ1v) is 5.91. The highest BCUT2D eigenvalue weighted by Gasteiger charge is 2.26. The quantitative estimate of drug-likeness (QED) is 0.527. The maximum atomic E-state index is 6.19. The molecule has 1 rings (SSSR count). The lowest BCUT2D eigenvalue weighted by atomic mass is 9.83. The standard InChI is InChI=1S/C12H24N2/c1-3-10-8-6-5-7-9-12(13,14)11(10)4-2/h3-9,13-14H2,1-2H3/b11-10-. The van der Waals surface area contributed by atoms with Gasteiger partial charge in [-0.15, -0.1) is 0 Å². The minimum Gasteiger partial charge on any atom is -0.310 e. The smallest absolute Gasteiger partial charge is 0.0860 e. The van der Waals surface area contributed by atoms with Crippen molar-refractivity contribution in [1.82, 2.24) is 0 Å². The fraction of sp³-hybridized carbons (Fsp3) is 0.833. The predicted octanol–water partition coefficient (Wildman–Crippen LogP) is 2.68. The Hall–Kier alpha value is -0.340. The van der Waals surface area contributed by atoms with Crippen LogP contribution in [-0.2, 0) is 0 Å². The van der Waals surface area contributed by atoms with Gasteiger partial charge in [-0.1, -0.05) is 25.8 Å². The molecule has 0 aromatic rings. The summed E-state index contributed by atoms with van der Waals surface area (Å²) in [5.74, 6) is 0. The van der Waals surface area contributed by atoms with Crippen LogP contribution in [0, 0.1) is 0 Å². The van der Waals surface area contributed by atoms with E-state index in [1.54, 1.807) is 0 Å². The number of allylic oxidation sites excluding steroid dienone is 1. The normalized spacial score (nSPS) is 28.3. The molecular weight excluding hydrogens is 172 g/mol. The second kappa shape index (κ2) is 4.94. The van der Waals surface area contributed by atoms with Crippen LogP contribution in [0.5, 0.6) is 0 Å². The summed E-state index contributed by atoms with van der Waals surface area (Å²) in [5, 5.41) is 0. The Kier molecular flexibility index (Phi) is 4.14. The fourth-order valence-electron chi connectivity index (χ4n) is 2.53. The van der Waals surface area contributed by atoms with E-state index >= 15 is 0 Å². The van der Waals surface area contributed by atoms with Gasteiger partial charge in [0.25, 0.3) is 0 Å². The molecule has 82 valence electrons. The Morgan fingerprint density at radius 1 is 1.07 bits per heavy atom. The van der Waals surface area contributed by atoms with E-state index in [-0.39, 0.29) is 0 Å². The summed E-state index contributed by atoms with van der Waals surface area (Å²) in [6, 6.07) is 0. The Balaban J connectivity index is 2.97. The number of hydrogen-bond acceptors (Lipinski definition) is 2. The van der Waals surface area contributed by atoms with Crippen molar-refractivity contribution in [1.29, 1.82) is 0 Å². The molecule has 2 nitrogen and oxygen atoms in total. The van der Waals surface area contributed by atoms with Crippen LogP contribution < -0.4 is 11.5 Å². The summed E-state index contributed by atoms with van der Waals surface area (Å²) in [5.41, 5.74) is 14.7. The van der Waals surface area contributed by atoms with E-state index in [1.165, 1.54) is 36.8 Å². The summed E-state index contributed by atoms with van der Waals surface area (Å²) in [4.78, 5) is 0. The van der Waals surface area contributed by atoms with E-state index in [4.69, 9.17) is 11.5 Å². The van der Waals surface area contributed by atoms with Crippen LogP contribution >= 0.6 is 0 Å². The van der Waals surface area contributed by atoms with Crippen molar-refractivity contribution < 1.29 is 0 Å². The molecule has 0 radical (unpaired) electrons. The zero-order valence-corrected chi connectivity index (χ0v) is 9.60. The first-order valence-electron chi connectivity index (χ1n) is 5.91. The molecule has 14 heavy (non-hydrogen) atoms. The van der Waals surface area contributed by atoms with Crippen LogP contribution in [0.4, 0.5) is 0 Å². The van der Waals surface area contributed by atoms with Crippen LogP contribution in [0.15, 0.2) is 11.1 Å². The molecule has 0 fully saturated rings. The van der Waals surface area contributed by atoms with Crippen molar-refractivity contribution in [2.45, 2.75) is 64.5 Å². The van der Waals surface area contributed by atoms with E-state index < -0.39 is 5.66 Å². The van der Waals surface area contributed by atoms with Crippen molar-refractivity contribution in [3.8, 4) is 0 Å². The van der Waals surface area contributed by atoms with Gasteiger partial charge in [0.2, 0.25) is 0 Å². The summed E-state index contributed by atoms with van der Waals surface area (Å²) >= 11 is 0. The monoisotopic (exact) mass is 196 g/mol. The van der Waals surface area contributed by atoms with Gasteiger partial charge in [0.05, 0.1) is 5.66 Å². The van der Waals surface area contributed by atoms with Gasteiger partial charge in [0.15, 0.2) is 0 Å². The van der Waals surface area contributed by atoms with Crippen LogP contribution in [-0.4, -0.2) is 5.66 Å². The van der Waals surface area contributed by atoms with Gasteiger partial charge in [-0.2, -0.15) is 0 Å². The van der Waals surface area contributed by atoms with Crippen molar-refractivity contribution >= 4 is 0 Å². The van der Waals surface area contributed by atoms with Gasteiger partial charge >= 0.3 is 0 Å². The number of nitrogens with two attached hydrogens (primary N) is 2. The minimum atomic E-state index is -0.527. The predicted molar refractivity (Wildman–Crippen MR) is 61.8 cm³/mol. The van der Waals surface area contributed by atoms with E-state index in [9.17, 15) is 0 Å². The van der Waals surface area contributed by atoms with Crippen LogP contribution in [0.1, 0.15) is 58.8 Å². The average Bonchev–Trinajstić information content (AvgIpc) is 2.12. The second-order valence-corrected chi connectivity index (χ2v) is 4.39. The van der Waals surface area contributed by atoms with Gasteiger partial charge in [-0.25, -0.2) is 0 Å². The van der Waals surface area contributed by atoms with Gasteiger partial charge in [0.1, 0.15) is 0 Å². The Labute approximate surface area is 87.7 Å². The third-order valence-corrected chi connectivity index (χ3v) is 3.34. The first-order chi connectivity index (χ1) is 6.61. The Bertz CT molecular complexity index is 216. The molecule has 0 aromatic heterocycles. The molecule has 0 unspecified atom stereocenters. The minimum absolute atomic E-state index is 0.527. The average molecular weight is 196 g/mol. The summed E-state index contributed by atoms with van der Waals surface area (Å²) in [7, 11) is 0. The highest BCUT2D eigenvalue weighted by Crippen LogP contribution is 2.29. The van der Waals surface area contributed by atoms with E-state index in [1.807, 2.05) is 0 Å². The molecule has 0 saturated heterocycles. The van der Waals surface area contributed by atoms with Gasteiger partial charge < -0.3 is 11.5 Å². The van der Waals surface area contributed by atoms with Gasteiger partial charge in [0, 0.05) is 0 Å². The molecule has 0 amide bonds. The maximum absolute atomic E-state index is 6.19. The molecule has 2 heteroatoms. The topological polar surface area (TPSA) is 52.0 Å². The lowest BCUT2D eigenvalue weighted by Crippen LogP contribution is -2.51. The van der Waals surface area contributed by atoms with Crippen molar-refractivity contribution in [2.24, 2.45) is 11.5 Å². The molecule has 0 spiro atoms. The third kappa shape index (κ3) is 2.58. The Morgan fingerprint density at radius 2 is 1.79 bits per heavy atom. The summed E-state index contributed by atoms with van der Waals surface area (Å²) in [6.45, 7) is 4.38. The molecule has 4 N–H and O–H groups in total. The molecule has 0 aliphatic heterocycles. The number of hydrogen-bond donors (Lipinski definition) is 2. The molecule has 1 aliphatic rings. The molecule has 1 aliphatic carbocycles. The van der Waals surface area contributed by atoms with E-state index in [2.05, 4.69) is 13.8 Å².